The molecule has 1 N–H and O–H groups in total. The van der Waals surface area contributed by atoms with Crippen molar-refractivity contribution in [1.82, 2.24) is 15.0 Å². The van der Waals surface area contributed by atoms with Crippen molar-refractivity contribution >= 4 is 11.2 Å². The Morgan fingerprint density at radius 3 is 2.85 bits per heavy atom. The van der Waals surface area contributed by atoms with Crippen LogP contribution in [0, 0.1) is 0 Å². The van der Waals surface area contributed by atoms with E-state index in [1.807, 2.05) is 12.1 Å². The highest BCUT2D eigenvalue weighted by Crippen LogP contribution is 2.28. The summed E-state index contributed by atoms with van der Waals surface area (Å²) in [6.45, 7) is 0. The number of rotatable bonds is 2. The van der Waals surface area contributed by atoms with Crippen LogP contribution in [-0.2, 0) is 12.8 Å². The van der Waals surface area contributed by atoms with Gasteiger partial charge in [-0.25, -0.2) is 4.98 Å². The van der Waals surface area contributed by atoms with Crippen LogP contribution in [0.3, 0.4) is 0 Å². The van der Waals surface area contributed by atoms with Gasteiger partial charge in [0.05, 0.1) is 12.6 Å². The van der Waals surface area contributed by atoms with E-state index in [1.54, 1.807) is 7.11 Å². The number of fused-ring (bicyclic) bond motifs is 2. The van der Waals surface area contributed by atoms with Crippen LogP contribution in [0.5, 0.6) is 5.88 Å². The van der Waals surface area contributed by atoms with Gasteiger partial charge in [0.15, 0.2) is 5.65 Å². The average molecular weight is 265 g/mol. The Balaban J connectivity index is 1.81. The van der Waals surface area contributed by atoms with E-state index in [0.29, 0.717) is 11.5 Å². The minimum absolute atomic E-state index is 0.588. The van der Waals surface area contributed by atoms with Gasteiger partial charge < -0.3 is 9.72 Å². The molecule has 0 aliphatic heterocycles. The minimum atomic E-state index is 0.588. The Hall–Kier alpha value is -2.36. The van der Waals surface area contributed by atoms with Crippen molar-refractivity contribution < 1.29 is 4.74 Å². The van der Waals surface area contributed by atoms with Gasteiger partial charge in [-0.2, -0.15) is 4.98 Å². The van der Waals surface area contributed by atoms with Gasteiger partial charge in [-0.05, 0) is 42.5 Å². The maximum Gasteiger partial charge on any atom is 0.215 e. The number of hydrogen-bond donors (Lipinski definition) is 1. The van der Waals surface area contributed by atoms with E-state index in [9.17, 15) is 0 Å². The Labute approximate surface area is 116 Å². The van der Waals surface area contributed by atoms with Crippen LogP contribution in [0.15, 0.2) is 30.3 Å². The van der Waals surface area contributed by atoms with Gasteiger partial charge in [0.2, 0.25) is 5.88 Å². The van der Waals surface area contributed by atoms with Crippen molar-refractivity contribution in [3.8, 4) is 17.3 Å². The summed E-state index contributed by atoms with van der Waals surface area (Å²) in [6, 6.07) is 10.4. The number of aryl methyl sites for hydroxylation is 2. The fourth-order valence-electron chi connectivity index (χ4n) is 2.84. The second-order valence-electron chi connectivity index (χ2n) is 5.15. The van der Waals surface area contributed by atoms with Gasteiger partial charge in [-0.1, -0.05) is 12.1 Å². The lowest BCUT2D eigenvalue weighted by molar-refractivity contribution is 0.399. The van der Waals surface area contributed by atoms with E-state index in [0.717, 1.165) is 16.9 Å². The normalized spacial score (nSPS) is 13.7. The monoisotopic (exact) mass is 265 g/mol. The second-order valence-corrected chi connectivity index (χ2v) is 5.15. The van der Waals surface area contributed by atoms with Crippen LogP contribution in [-0.4, -0.2) is 22.1 Å². The average Bonchev–Trinajstić information content (AvgIpc) is 3.11. The van der Waals surface area contributed by atoms with Crippen LogP contribution >= 0.6 is 0 Å². The summed E-state index contributed by atoms with van der Waals surface area (Å²) < 4.78 is 5.13. The van der Waals surface area contributed by atoms with Gasteiger partial charge in [0.1, 0.15) is 5.82 Å². The molecular weight excluding hydrogens is 250 g/mol. The summed E-state index contributed by atoms with van der Waals surface area (Å²) in [4.78, 5) is 12.2. The predicted octanol–water partition coefficient (Wildman–Crippen LogP) is 3.12. The SMILES string of the molecule is COc1ccc2[nH]c(-c3ccc4c(c3)CCC4)nc2n1. The second kappa shape index (κ2) is 4.34. The first-order valence-corrected chi connectivity index (χ1v) is 6.86. The molecule has 4 nitrogen and oxygen atoms in total. The molecule has 0 spiro atoms. The lowest BCUT2D eigenvalue weighted by Gasteiger charge is -2.01. The van der Waals surface area contributed by atoms with Gasteiger partial charge in [-0.15, -0.1) is 0 Å². The Morgan fingerprint density at radius 1 is 1.05 bits per heavy atom. The van der Waals surface area contributed by atoms with Crippen LogP contribution < -0.4 is 4.74 Å². The van der Waals surface area contributed by atoms with E-state index in [2.05, 4.69) is 33.2 Å². The molecule has 20 heavy (non-hydrogen) atoms. The van der Waals surface area contributed by atoms with Crippen LogP contribution in [0.4, 0.5) is 0 Å². The predicted molar refractivity (Wildman–Crippen MR) is 77.9 cm³/mol. The van der Waals surface area contributed by atoms with Crippen LogP contribution in [0.2, 0.25) is 0 Å². The summed E-state index contributed by atoms with van der Waals surface area (Å²) in [6.07, 6.45) is 3.64. The van der Waals surface area contributed by atoms with Gasteiger partial charge in [0, 0.05) is 11.6 Å². The molecular formula is C16H15N3O. The highest BCUT2D eigenvalue weighted by molar-refractivity contribution is 5.76. The first kappa shape index (κ1) is 11.5. The maximum atomic E-state index is 5.13. The summed E-state index contributed by atoms with van der Waals surface area (Å²) >= 11 is 0. The number of benzene rings is 1. The zero-order valence-electron chi connectivity index (χ0n) is 11.3. The number of nitrogens with zero attached hydrogens (tertiary/aromatic N) is 2. The molecule has 2 aromatic heterocycles. The third kappa shape index (κ3) is 1.76. The zero-order valence-corrected chi connectivity index (χ0v) is 11.3. The third-order valence-electron chi connectivity index (χ3n) is 3.90. The standard InChI is InChI=1S/C16H15N3O/c1-20-14-8-7-13-16(18-14)19-15(17-13)12-6-5-10-3-2-4-11(10)9-12/h5-9H,2-4H2,1H3,(H,17,18,19). The first-order valence-electron chi connectivity index (χ1n) is 6.86. The van der Waals surface area contributed by atoms with Gasteiger partial charge in [-0.3, -0.25) is 0 Å². The van der Waals surface area contributed by atoms with Crippen LogP contribution in [0.25, 0.3) is 22.6 Å². The highest BCUT2D eigenvalue weighted by Gasteiger charge is 2.13. The van der Waals surface area contributed by atoms with E-state index in [-0.39, 0.29) is 0 Å². The van der Waals surface area contributed by atoms with E-state index >= 15 is 0 Å². The van der Waals surface area contributed by atoms with Crippen molar-refractivity contribution in [1.29, 1.82) is 0 Å². The molecule has 0 radical (unpaired) electrons. The molecule has 0 atom stereocenters. The number of hydrogen-bond acceptors (Lipinski definition) is 3. The molecule has 0 bridgehead atoms. The smallest absolute Gasteiger partial charge is 0.215 e. The van der Waals surface area contributed by atoms with Crippen molar-refractivity contribution in [3.63, 3.8) is 0 Å². The lowest BCUT2D eigenvalue weighted by Crippen LogP contribution is -1.87. The number of H-pyrrole nitrogens is 1. The van der Waals surface area contributed by atoms with E-state index in [1.165, 1.54) is 30.4 Å². The Morgan fingerprint density at radius 2 is 1.95 bits per heavy atom. The Kier molecular flexibility index (Phi) is 2.49. The number of imidazole rings is 1. The number of aromatic amines is 1. The molecule has 0 saturated carbocycles. The molecule has 0 saturated heterocycles. The number of nitrogens with one attached hydrogen (secondary N) is 1. The fraction of sp³-hybridized carbons (Fsp3) is 0.250. The molecule has 2 heterocycles. The third-order valence-corrected chi connectivity index (χ3v) is 3.90. The van der Waals surface area contributed by atoms with Crippen molar-refractivity contribution in [2.75, 3.05) is 7.11 Å². The molecule has 1 aliphatic carbocycles. The molecule has 4 rings (SSSR count). The quantitative estimate of drug-likeness (QED) is 0.774. The Bertz CT molecular complexity index is 792. The van der Waals surface area contributed by atoms with Gasteiger partial charge in [0.25, 0.3) is 0 Å². The lowest BCUT2D eigenvalue weighted by atomic mass is 10.1. The summed E-state index contributed by atoms with van der Waals surface area (Å²) in [5.41, 5.74) is 5.68. The zero-order chi connectivity index (χ0) is 13.5. The van der Waals surface area contributed by atoms with Crippen molar-refractivity contribution in [2.24, 2.45) is 0 Å². The molecule has 3 aromatic rings. The van der Waals surface area contributed by atoms with Crippen LogP contribution in [0.1, 0.15) is 17.5 Å². The molecule has 1 aromatic carbocycles. The number of pyridine rings is 1. The van der Waals surface area contributed by atoms with Gasteiger partial charge >= 0.3 is 0 Å². The van der Waals surface area contributed by atoms with E-state index in [4.69, 9.17) is 4.74 Å². The van der Waals surface area contributed by atoms with Crippen molar-refractivity contribution in [2.45, 2.75) is 19.3 Å². The summed E-state index contributed by atoms with van der Waals surface area (Å²) in [7, 11) is 1.61. The molecule has 0 fully saturated rings. The largest absolute Gasteiger partial charge is 0.481 e. The molecule has 0 unspecified atom stereocenters. The summed E-state index contributed by atoms with van der Waals surface area (Å²) in [5, 5.41) is 0. The number of ether oxygens (including phenoxy) is 1. The minimum Gasteiger partial charge on any atom is -0.481 e. The molecule has 4 heteroatoms. The van der Waals surface area contributed by atoms with Crippen molar-refractivity contribution in [3.05, 3.63) is 41.5 Å². The van der Waals surface area contributed by atoms with E-state index < -0.39 is 0 Å². The topological polar surface area (TPSA) is 50.8 Å². The highest BCUT2D eigenvalue weighted by atomic mass is 16.5. The first-order chi connectivity index (χ1) is 9.83. The molecule has 1 aliphatic rings. The fourth-order valence-corrected chi connectivity index (χ4v) is 2.84. The molecule has 0 amide bonds. The number of methoxy groups -OCH3 is 1. The number of aromatic nitrogens is 3. The molecule has 100 valence electrons. The maximum absolute atomic E-state index is 5.13. The summed E-state index contributed by atoms with van der Waals surface area (Å²) in [5.74, 6) is 1.46.